The summed E-state index contributed by atoms with van der Waals surface area (Å²) in [6.45, 7) is 1.87. The maximum atomic E-state index is 12.0. The van der Waals surface area contributed by atoms with E-state index in [0.29, 0.717) is 11.3 Å². The van der Waals surface area contributed by atoms with Gasteiger partial charge < -0.3 is 0 Å². The number of nitrogens with zero attached hydrogens (tertiary/aromatic N) is 1. The van der Waals surface area contributed by atoms with Gasteiger partial charge >= 0.3 is 0 Å². The van der Waals surface area contributed by atoms with Crippen molar-refractivity contribution in [1.29, 1.82) is 0 Å². The predicted molar refractivity (Wildman–Crippen MR) is 66.5 cm³/mol. The molecule has 0 radical (unpaired) electrons. The van der Waals surface area contributed by atoms with Crippen LogP contribution in [-0.2, 0) is 0 Å². The summed E-state index contributed by atoms with van der Waals surface area (Å²) >= 11 is 3.34. The molecule has 2 aromatic rings. The fraction of sp³-hybridized carbons (Fsp3) is 0.0769. The average molecular weight is 276 g/mol. The van der Waals surface area contributed by atoms with Gasteiger partial charge in [-0.2, -0.15) is 0 Å². The maximum Gasteiger partial charge on any atom is 0.211 e. The van der Waals surface area contributed by atoms with Gasteiger partial charge in [-0.15, -0.1) is 0 Å². The third kappa shape index (κ3) is 2.36. The van der Waals surface area contributed by atoms with E-state index in [9.17, 15) is 4.79 Å². The quantitative estimate of drug-likeness (QED) is 0.787. The molecule has 2 nitrogen and oxygen atoms in total. The van der Waals surface area contributed by atoms with Crippen LogP contribution in [0.3, 0.4) is 0 Å². The number of pyridine rings is 1. The SMILES string of the molecule is Cc1cccc(C(=O)c2ccc(Br)cc2)n1. The minimum absolute atomic E-state index is 0.0452. The molecule has 0 fully saturated rings. The molecule has 1 aromatic heterocycles. The zero-order valence-corrected chi connectivity index (χ0v) is 10.4. The molecule has 0 saturated heterocycles. The van der Waals surface area contributed by atoms with Crippen LogP contribution in [0.1, 0.15) is 21.7 Å². The summed E-state index contributed by atoms with van der Waals surface area (Å²) < 4.78 is 0.959. The Morgan fingerprint density at radius 1 is 1.12 bits per heavy atom. The standard InChI is InChI=1S/C13H10BrNO/c1-9-3-2-4-12(15-9)13(16)10-5-7-11(14)8-6-10/h2-8H,1H3. The highest BCUT2D eigenvalue weighted by atomic mass is 79.9. The van der Waals surface area contributed by atoms with Gasteiger partial charge in [-0.25, -0.2) is 4.98 Å². The van der Waals surface area contributed by atoms with E-state index in [-0.39, 0.29) is 5.78 Å². The number of halogens is 1. The molecule has 2 rings (SSSR count). The van der Waals surface area contributed by atoms with E-state index in [1.165, 1.54) is 0 Å². The molecule has 0 aliphatic carbocycles. The molecule has 0 bridgehead atoms. The normalized spacial score (nSPS) is 10.1. The van der Waals surface area contributed by atoms with Crippen LogP contribution >= 0.6 is 15.9 Å². The molecule has 0 aliphatic rings. The number of carbonyl (C=O) groups is 1. The van der Waals surface area contributed by atoms with Crippen LogP contribution in [-0.4, -0.2) is 10.8 Å². The number of hydrogen-bond donors (Lipinski definition) is 0. The van der Waals surface area contributed by atoms with Gasteiger partial charge in [-0.05, 0) is 43.3 Å². The van der Waals surface area contributed by atoms with E-state index in [1.54, 1.807) is 18.2 Å². The Bertz CT molecular complexity index is 520. The van der Waals surface area contributed by atoms with Crippen LogP contribution in [0.5, 0.6) is 0 Å². The molecule has 0 saturated carbocycles. The molecule has 0 aliphatic heterocycles. The first-order valence-electron chi connectivity index (χ1n) is 4.91. The number of carbonyl (C=O) groups excluding carboxylic acids is 1. The summed E-state index contributed by atoms with van der Waals surface area (Å²) in [6.07, 6.45) is 0. The highest BCUT2D eigenvalue weighted by Crippen LogP contribution is 2.13. The lowest BCUT2D eigenvalue weighted by Gasteiger charge is -2.01. The van der Waals surface area contributed by atoms with Gasteiger partial charge in [0.1, 0.15) is 5.69 Å². The van der Waals surface area contributed by atoms with Crippen LogP contribution in [0, 0.1) is 6.92 Å². The average Bonchev–Trinajstić information content (AvgIpc) is 2.29. The van der Waals surface area contributed by atoms with Crippen molar-refractivity contribution in [3.8, 4) is 0 Å². The highest BCUT2D eigenvalue weighted by molar-refractivity contribution is 9.10. The van der Waals surface area contributed by atoms with E-state index < -0.39 is 0 Å². The fourth-order valence-corrected chi connectivity index (χ4v) is 1.68. The van der Waals surface area contributed by atoms with Crippen LogP contribution in [0.2, 0.25) is 0 Å². The van der Waals surface area contributed by atoms with Gasteiger partial charge in [0.2, 0.25) is 5.78 Å². The molecule has 0 amide bonds. The second-order valence-electron chi connectivity index (χ2n) is 3.50. The Kier molecular flexibility index (Phi) is 3.15. The molecule has 16 heavy (non-hydrogen) atoms. The maximum absolute atomic E-state index is 12.0. The lowest BCUT2D eigenvalue weighted by atomic mass is 10.1. The van der Waals surface area contributed by atoms with Crippen molar-refractivity contribution in [2.24, 2.45) is 0 Å². The molecule has 0 atom stereocenters. The summed E-state index contributed by atoms with van der Waals surface area (Å²) in [5.74, 6) is -0.0452. The predicted octanol–water partition coefficient (Wildman–Crippen LogP) is 3.38. The molecule has 1 heterocycles. The minimum Gasteiger partial charge on any atom is -0.287 e. The minimum atomic E-state index is -0.0452. The van der Waals surface area contributed by atoms with E-state index >= 15 is 0 Å². The number of ketones is 1. The molecule has 0 N–H and O–H groups in total. The lowest BCUT2D eigenvalue weighted by Crippen LogP contribution is -2.04. The second kappa shape index (κ2) is 4.58. The zero-order valence-electron chi connectivity index (χ0n) is 8.77. The molecule has 3 heteroatoms. The summed E-state index contributed by atoms with van der Waals surface area (Å²) in [5, 5.41) is 0. The van der Waals surface area contributed by atoms with Crippen LogP contribution < -0.4 is 0 Å². The summed E-state index contributed by atoms with van der Waals surface area (Å²) in [4.78, 5) is 16.2. The first kappa shape index (κ1) is 11.0. The van der Waals surface area contributed by atoms with Crippen molar-refractivity contribution in [3.05, 3.63) is 63.9 Å². The first-order chi connectivity index (χ1) is 7.66. The molecular formula is C13H10BrNO. The van der Waals surface area contributed by atoms with Gasteiger partial charge in [0.15, 0.2) is 0 Å². The number of benzene rings is 1. The summed E-state index contributed by atoms with van der Waals surface area (Å²) in [7, 11) is 0. The van der Waals surface area contributed by atoms with Crippen LogP contribution in [0.4, 0.5) is 0 Å². The second-order valence-corrected chi connectivity index (χ2v) is 4.42. The van der Waals surface area contributed by atoms with E-state index in [1.807, 2.05) is 31.2 Å². The third-order valence-electron chi connectivity index (χ3n) is 2.23. The Labute approximate surface area is 102 Å². The van der Waals surface area contributed by atoms with Gasteiger partial charge in [0, 0.05) is 15.7 Å². The summed E-state index contributed by atoms with van der Waals surface area (Å²) in [5.41, 5.74) is 1.99. The molecule has 0 unspecified atom stereocenters. The molecular weight excluding hydrogens is 266 g/mol. The number of aromatic nitrogens is 1. The van der Waals surface area contributed by atoms with Gasteiger partial charge in [0.05, 0.1) is 0 Å². The van der Waals surface area contributed by atoms with E-state index in [4.69, 9.17) is 0 Å². The Morgan fingerprint density at radius 3 is 2.44 bits per heavy atom. The fourth-order valence-electron chi connectivity index (χ4n) is 1.42. The first-order valence-corrected chi connectivity index (χ1v) is 5.70. The Hall–Kier alpha value is -1.48. The monoisotopic (exact) mass is 275 g/mol. The summed E-state index contributed by atoms with van der Waals surface area (Å²) in [6, 6.07) is 12.7. The number of rotatable bonds is 2. The van der Waals surface area contributed by atoms with Gasteiger partial charge in [-0.3, -0.25) is 4.79 Å². The van der Waals surface area contributed by atoms with Gasteiger partial charge in [-0.1, -0.05) is 22.0 Å². The molecule has 80 valence electrons. The Morgan fingerprint density at radius 2 is 1.81 bits per heavy atom. The zero-order chi connectivity index (χ0) is 11.5. The molecule has 0 spiro atoms. The van der Waals surface area contributed by atoms with E-state index in [2.05, 4.69) is 20.9 Å². The van der Waals surface area contributed by atoms with Gasteiger partial charge in [0.25, 0.3) is 0 Å². The van der Waals surface area contributed by atoms with E-state index in [0.717, 1.165) is 10.2 Å². The van der Waals surface area contributed by atoms with Crippen molar-refractivity contribution >= 4 is 21.7 Å². The third-order valence-corrected chi connectivity index (χ3v) is 2.76. The number of hydrogen-bond acceptors (Lipinski definition) is 2. The lowest BCUT2D eigenvalue weighted by molar-refractivity contribution is 0.103. The van der Waals surface area contributed by atoms with Crippen molar-refractivity contribution in [1.82, 2.24) is 4.98 Å². The topological polar surface area (TPSA) is 30.0 Å². The molecule has 1 aromatic carbocycles. The highest BCUT2D eigenvalue weighted by Gasteiger charge is 2.09. The largest absolute Gasteiger partial charge is 0.287 e. The number of aryl methyl sites for hydroxylation is 1. The van der Waals surface area contributed by atoms with Crippen molar-refractivity contribution in [2.75, 3.05) is 0 Å². The van der Waals surface area contributed by atoms with Crippen molar-refractivity contribution < 1.29 is 4.79 Å². The van der Waals surface area contributed by atoms with Crippen molar-refractivity contribution in [2.45, 2.75) is 6.92 Å². The van der Waals surface area contributed by atoms with Crippen LogP contribution in [0.15, 0.2) is 46.9 Å². The van der Waals surface area contributed by atoms with Crippen molar-refractivity contribution in [3.63, 3.8) is 0 Å². The smallest absolute Gasteiger partial charge is 0.211 e. The van der Waals surface area contributed by atoms with Crippen LogP contribution in [0.25, 0.3) is 0 Å². The Balaban J connectivity index is 2.35.